The third-order valence-electron chi connectivity index (χ3n) is 2.66. The standard InChI is InChI=1S/C12H15N5O2/c1-7-14-16-11(17-15-7)9-4-2-8(3-5-9)6-10(13)12(18)19/h2-5,10H,6,13H2,1H3,(H,14,15)(H,16,17)(H,18,19). The molecule has 0 saturated carbocycles. The molecule has 1 aliphatic rings. The van der Waals surface area contributed by atoms with Crippen LogP contribution in [-0.4, -0.2) is 28.8 Å². The Hall–Kier alpha value is -2.41. The summed E-state index contributed by atoms with van der Waals surface area (Å²) in [4.78, 5) is 10.7. The Morgan fingerprint density at radius 2 is 2.00 bits per heavy atom. The topological polar surface area (TPSA) is 112 Å². The van der Waals surface area contributed by atoms with E-state index in [0.29, 0.717) is 18.1 Å². The first kappa shape index (κ1) is 13.0. The predicted octanol–water partition coefficient (Wildman–Crippen LogP) is -0.171. The highest BCUT2D eigenvalue weighted by Crippen LogP contribution is 2.08. The molecule has 0 aliphatic carbocycles. The average molecular weight is 261 g/mol. The van der Waals surface area contributed by atoms with Crippen molar-refractivity contribution in [1.82, 2.24) is 10.9 Å². The van der Waals surface area contributed by atoms with E-state index in [1.165, 1.54) is 0 Å². The Morgan fingerprint density at radius 1 is 1.32 bits per heavy atom. The summed E-state index contributed by atoms with van der Waals surface area (Å²) in [7, 11) is 0. The van der Waals surface area contributed by atoms with Gasteiger partial charge in [0.15, 0.2) is 5.84 Å². The molecule has 0 aromatic heterocycles. The van der Waals surface area contributed by atoms with Gasteiger partial charge in [0.05, 0.1) is 0 Å². The van der Waals surface area contributed by atoms with Gasteiger partial charge in [-0.3, -0.25) is 15.6 Å². The highest BCUT2D eigenvalue weighted by Gasteiger charge is 2.12. The number of carboxylic acids is 1. The van der Waals surface area contributed by atoms with Gasteiger partial charge in [-0.1, -0.05) is 24.3 Å². The van der Waals surface area contributed by atoms with Crippen LogP contribution in [0.5, 0.6) is 0 Å². The van der Waals surface area contributed by atoms with Crippen molar-refractivity contribution in [3.05, 3.63) is 35.4 Å². The summed E-state index contributed by atoms with van der Waals surface area (Å²) in [6.07, 6.45) is 0.297. The summed E-state index contributed by atoms with van der Waals surface area (Å²) in [5, 5.41) is 16.9. The van der Waals surface area contributed by atoms with E-state index in [-0.39, 0.29) is 0 Å². The molecule has 0 spiro atoms. The molecule has 7 nitrogen and oxygen atoms in total. The molecule has 1 aliphatic heterocycles. The van der Waals surface area contributed by atoms with Crippen LogP contribution in [0.25, 0.3) is 0 Å². The number of nitrogens with two attached hydrogens (primary N) is 1. The van der Waals surface area contributed by atoms with E-state index in [4.69, 9.17) is 10.8 Å². The summed E-state index contributed by atoms with van der Waals surface area (Å²) in [5.74, 6) is 0.295. The van der Waals surface area contributed by atoms with Crippen LogP contribution in [0.4, 0.5) is 0 Å². The van der Waals surface area contributed by atoms with E-state index >= 15 is 0 Å². The minimum absolute atomic E-state index is 0.297. The summed E-state index contributed by atoms with van der Waals surface area (Å²) >= 11 is 0. The number of amidine groups is 2. The van der Waals surface area contributed by atoms with Crippen molar-refractivity contribution in [2.75, 3.05) is 0 Å². The van der Waals surface area contributed by atoms with Crippen molar-refractivity contribution >= 4 is 17.6 Å². The normalized spacial score (nSPS) is 15.7. The summed E-state index contributed by atoms with van der Waals surface area (Å²) in [5.41, 5.74) is 12.8. The first-order valence-corrected chi connectivity index (χ1v) is 5.78. The van der Waals surface area contributed by atoms with Gasteiger partial charge in [-0.2, -0.15) is 10.2 Å². The van der Waals surface area contributed by atoms with E-state index in [9.17, 15) is 4.79 Å². The van der Waals surface area contributed by atoms with E-state index < -0.39 is 12.0 Å². The summed E-state index contributed by atoms with van der Waals surface area (Å²) in [6.45, 7) is 1.80. The number of rotatable bonds is 4. The van der Waals surface area contributed by atoms with Crippen LogP contribution in [0.2, 0.25) is 0 Å². The molecule has 0 amide bonds. The second kappa shape index (κ2) is 5.49. The largest absolute Gasteiger partial charge is 0.480 e. The van der Waals surface area contributed by atoms with Crippen LogP contribution >= 0.6 is 0 Å². The molecule has 100 valence electrons. The van der Waals surface area contributed by atoms with Crippen molar-refractivity contribution < 1.29 is 9.90 Å². The first-order valence-electron chi connectivity index (χ1n) is 5.78. The van der Waals surface area contributed by atoms with Gasteiger partial charge in [0.2, 0.25) is 0 Å². The number of hydrazone groups is 2. The minimum Gasteiger partial charge on any atom is -0.480 e. The molecule has 1 unspecified atom stereocenters. The third-order valence-corrected chi connectivity index (χ3v) is 2.66. The minimum atomic E-state index is -1.00. The number of nitrogens with one attached hydrogen (secondary N) is 2. The fraction of sp³-hybridized carbons (Fsp3) is 0.250. The molecule has 7 heteroatoms. The quantitative estimate of drug-likeness (QED) is 0.601. The first-order chi connectivity index (χ1) is 9.06. The van der Waals surface area contributed by atoms with E-state index in [1.54, 1.807) is 6.92 Å². The van der Waals surface area contributed by atoms with Crippen molar-refractivity contribution in [1.29, 1.82) is 0 Å². The van der Waals surface area contributed by atoms with E-state index in [2.05, 4.69) is 21.1 Å². The fourth-order valence-electron chi connectivity index (χ4n) is 1.59. The average Bonchev–Trinajstić information content (AvgIpc) is 2.40. The molecule has 0 bridgehead atoms. The number of hydrogen-bond acceptors (Lipinski definition) is 6. The van der Waals surface area contributed by atoms with Crippen molar-refractivity contribution in [2.24, 2.45) is 15.9 Å². The highest BCUT2D eigenvalue weighted by atomic mass is 16.4. The van der Waals surface area contributed by atoms with Crippen LogP contribution in [0.1, 0.15) is 18.1 Å². The predicted molar refractivity (Wildman–Crippen MR) is 71.7 cm³/mol. The Balaban J connectivity index is 2.05. The molecule has 2 rings (SSSR count). The van der Waals surface area contributed by atoms with Gasteiger partial charge >= 0.3 is 5.97 Å². The van der Waals surface area contributed by atoms with Gasteiger partial charge in [-0.05, 0) is 18.9 Å². The van der Waals surface area contributed by atoms with Gasteiger partial charge < -0.3 is 10.8 Å². The number of nitrogens with zero attached hydrogens (tertiary/aromatic N) is 2. The van der Waals surface area contributed by atoms with Gasteiger partial charge in [0.1, 0.15) is 11.9 Å². The molecule has 5 N–H and O–H groups in total. The molecule has 1 atom stereocenters. The van der Waals surface area contributed by atoms with Crippen LogP contribution in [0.15, 0.2) is 34.5 Å². The molecular formula is C12H15N5O2. The van der Waals surface area contributed by atoms with Gasteiger partial charge in [0.25, 0.3) is 0 Å². The lowest BCUT2D eigenvalue weighted by Crippen LogP contribution is -2.33. The number of carbonyl (C=O) groups is 1. The van der Waals surface area contributed by atoms with Crippen LogP contribution < -0.4 is 16.6 Å². The molecule has 1 heterocycles. The van der Waals surface area contributed by atoms with E-state index in [0.717, 1.165) is 11.1 Å². The Labute approximate surface area is 110 Å². The SMILES string of the molecule is CC1=NNC(c2ccc(CC(N)C(=O)O)cc2)=NN1. The smallest absolute Gasteiger partial charge is 0.320 e. The lowest BCUT2D eigenvalue weighted by molar-refractivity contribution is -0.138. The zero-order chi connectivity index (χ0) is 13.8. The van der Waals surface area contributed by atoms with Gasteiger partial charge in [0, 0.05) is 5.56 Å². The highest BCUT2D eigenvalue weighted by molar-refractivity contribution is 6.01. The maximum Gasteiger partial charge on any atom is 0.320 e. The summed E-state index contributed by atoms with van der Waals surface area (Å²) < 4.78 is 0. The number of hydrogen-bond donors (Lipinski definition) is 4. The number of aliphatic carboxylic acids is 1. The zero-order valence-electron chi connectivity index (χ0n) is 10.4. The molecule has 0 fully saturated rings. The summed E-state index contributed by atoms with van der Waals surface area (Å²) in [6, 6.07) is 6.45. The fourth-order valence-corrected chi connectivity index (χ4v) is 1.59. The lowest BCUT2D eigenvalue weighted by atomic mass is 10.0. The molecule has 1 aromatic rings. The molecule has 0 radical (unpaired) electrons. The maximum absolute atomic E-state index is 10.7. The van der Waals surface area contributed by atoms with Crippen LogP contribution in [0, 0.1) is 0 Å². The van der Waals surface area contributed by atoms with Crippen LogP contribution in [-0.2, 0) is 11.2 Å². The van der Waals surface area contributed by atoms with Crippen molar-refractivity contribution in [3.8, 4) is 0 Å². The lowest BCUT2D eigenvalue weighted by Gasteiger charge is -2.13. The van der Waals surface area contributed by atoms with Gasteiger partial charge in [-0.15, -0.1) is 0 Å². The van der Waals surface area contributed by atoms with Crippen molar-refractivity contribution in [3.63, 3.8) is 0 Å². The van der Waals surface area contributed by atoms with E-state index in [1.807, 2.05) is 24.3 Å². The number of benzene rings is 1. The molecule has 19 heavy (non-hydrogen) atoms. The maximum atomic E-state index is 10.7. The Morgan fingerprint density at radius 3 is 2.53 bits per heavy atom. The second-order valence-electron chi connectivity index (χ2n) is 4.23. The molecule has 1 aromatic carbocycles. The number of carboxylic acid groups (broad SMARTS) is 1. The van der Waals surface area contributed by atoms with Crippen LogP contribution in [0.3, 0.4) is 0 Å². The Kier molecular flexibility index (Phi) is 3.76. The monoisotopic (exact) mass is 261 g/mol. The second-order valence-corrected chi connectivity index (χ2v) is 4.23. The molecule has 0 saturated heterocycles. The Bertz CT molecular complexity index is 536. The third kappa shape index (κ3) is 3.29. The zero-order valence-corrected chi connectivity index (χ0v) is 10.4. The van der Waals surface area contributed by atoms with Crippen molar-refractivity contribution in [2.45, 2.75) is 19.4 Å². The molecular weight excluding hydrogens is 246 g/mol. The van der Waals surface area contributed by atoms with Gasteiger partial charge in [-0.25, -0.2) is 0 Å².